The first-order chi connectivity index (χ1) is 20.6. The van der Waals surface area contributed by atoms with Crippen molar-refractivity contribution >= 4 is 45.1 Å². The second kappa shape index (κ2) is 12.1. The van der Waals surface area contributed by atoms with Crippen molar-refractivity contribution in [3.63, 3.8) is 0 Å². The minimum atomic E-state index is -0.929. The van der Waals surface area contributed by atoms with Crippen molar-refractivity contribution in [1.29, 1.82) is 0 Å². The van der Waals surface area contributed by atoms with Gasteiger partial charge in [-0.25, -0.2) is 19.7 Å². The lowest BCUT2D eigenvalue weighted by Gasteiger charge is -2.42. The largest absolute Gasteiger partial charge is 0.467 e. The molecule has 0 bridgehead atoms. The van der Waals surface area contributed by atoms with Crippen LogP contribution in [0.2, 0.25) is 5.02 Å². The molecule has 0 amide bonds. The van der Waals surface area contributed by atoms with Crippen LogP contribution in [0.15, 0.2) is 42.6 Å². The number of ether oxygens (including phenoxy) is 3. The van der Waals surface area contributed by atoms with Crippen molar-refractivity contribution in [2.45, 2.75) is 45.4 Å². The molecule has 6 rings (SSSR count). The summed E-state index contributed by atoms with van der Waals surface area (Å²) in [6.07, 6.45) is 0.873. The van der Waals surface area contributed by atoms with Gasteiger partial charge < -0.3 is 19.1 Å². The Morgan fingerprint density at radius 2 is 1.81 bits per heavy atom. The molecule has 43 heavy (non-hydrogen) atoms. The Labute approximate surface area is 260 Å². The number of thiazole rings is 1. The van der Waals surface area contributed by atoms with E-state index in [1.54, 1.807) is 17.5 Å². The van der Waals surface area contributed by atoms with Crippen molar-refractivity contribution < 1.29 is 19.0 Å². The third kappa shape index (κ3) is 6.25. The zero-order chi connectivity index (χ0) is 30.3. The van der Waals surface area contributed by atoms with E-state index >= 15 is 0 Å². The smallest absolute Gasteiger partial charge is 0.339 e. The molecule has 11 heteroatoms. The first-order valence-corrected chi connectivity index (χ1v) is 15.7. The van der Waals surface area contributed by atoms with E-state index < -0.39 is 17.7 Å². The number of piperazine rings is 1. The van der Waals surface area contributed by atoms with Gasteiger partial charge in [-0.2, -0.15) is 0 Å². The highest BCUT2D eigenvalue weighted by Gasteiger charge is 2.34. The van der Waals surface area contributed by atoms with Crippen LogP contribution in [-0.2, 0) is 19.0 Å². The van der Waals surface area contributed by atoms with Crippen molar-refractivity contribution in [2.75, 3.05) is 51.4 Å². The van der Waals surface area contributed by atoms with E-state index in [-0.39, 0.29) is 0 Å². The number of esters is 1. The molecule has 1 atom stereocenters. The second-order valence-corrected chi connectivity index (χ2v) is 13.4. The minimum absolute atomic E-state index is 0.456. The van der Waals surface area contributed by atoms with E-state index in [0.29, 0.717) is 17.0 Å². The Kier molecular flexibility index (Phi) is 8.41. The fourth-order valence-electron chi connectivity index (χ4n) is 5.59. The maximum atomic E-state index is 13.2. The topological polar surface area (TPSA) is 89.9 Å². The number of aromatic nitrogens is 3. The van der Waals surface area contributed by atoms with E-state index in [1.165, 1.54) is 7.11 Å². The molecule has 226 valence electrons. The predicted octanol–water partition coefficient (Wildman–Crippen LogP) is 5.93. The number of nitrogens with zero attached hydrogens (tertiary/aromatic N) is 5. The number of aryl methyl sites for hydroxylation is 1. The number of carbonyl (C=O) groups is 1. The zero-order valence-electron chi connectivity index (χ0n) is 25.1. The molecular formula is C32H36ClN5O4S. The maximum absolute atomic E-state index is 13.2. The van der Waals surface area contributed by atoms with E-state index in [2.05, 4.69) is 14.8 Å². The average molecular weight is 622 g/mol. The Hall–Kier alpha value is -3.15. The van der Waals surface area contributed by atoms with Gasteiger partial charge in [0.25, 0.3) is 0 Å². The van der Waals surface area contributed by atoms with Crippen LogP contribution in [0.4, 0.5) is 5.95 Å². The molecule has 0 radical (unpaired) electrons. The second-order valence-electron chi connectivity index (χ2n) is 11.9. The van der Waals surface area contributed by atoms with Crippen LogP contribution in [0, 0.1) is 6.92 Å². The third-order valence-electron chi connectivity index (χ3n) is 7.81. The summed E-state index contributed by atoms with van der Waals surface area (Å²) >= 11 is 7.81. The average Bonchev–Trinajstić information content (AvgIpc) is 3.38. The first kappa shape index (κ1) is 29.9. The molecule has 2 fully saturated rings. The van der Waals surface area contributed by atoms with Gasteiger partial charge in [0.1, 0.15) is 10.7 Å². The number of hydrogen-bond acceptors (Lipinski definition) is 10. The fourth-order valence-corrected chi connectivity index (χ4v) is 6.81. The zero-order valence-corrected chi connectivity index (χ0v) is 26.7. The summed E-state index contributed by atoms with van der Waals surface area (Å²) < 4.78 is 17.9. The molecular weight excluding hydrogens is 586 g/mol. The standard InChI is InChI=1S/C32H36ClN5O4S/c1-19-16-24-28(26(20-6-8-21(33)9-7-20)25(19)27(30(39)40-5)42-32(2,3)4)43-29(35-24)23-10-11-34-31(36-23)38-14-12-37(13-15-38)22-17-41-18-22/h6-11,16,22,27H,12-15,17-18H2,1-5H3/t27-/m0/s1. The molecule has 0 N–H and O–H groups in total. The van der Waals surface area contributed by atoms with Crippen molar-refractivity contribution in [1.82, 2.24) is 19.9 Å². The number of fused-ring (bicyclic) bond motifs is 1. The minimum Gasteiger partial charge on any atom is -0.467 e. The van der Waals surface area contributed by atoms with Gasteiger partial charge in [-0.15, -0.1) is 11.3 Å². The number of anilines is 1. The van der Waals surface area contributed by atoms with Gasteiger partial charge in [-0.05, 0) is 63.1 Å². The molecule has 4 aromatic rings. The van der Waals surface area contributed by atoms with Crippen LogP contribution in [0.3, 0.4) is 0 Å². The Morgan fingerprint density at radius 3 is 2.44 bits per heavy atom. The quantitative estimate of drug-likeness (QED) is 0.233. The highest BCUT2D eigenvalue weighted by Crippen LogP contribution is 2.44. The summed E-state index contributed by atoms with van der Waals surface area (Å²) in [6, 6.07) is 12.1. The normalized spacial score (nSPS) is 17.2. The summed E-state index contributed by atoms with van der Waals surface area (Å²) in [4.78, 5) is 32.5. The van der Waals surface area contributed by atoms with Gasteiger partial charge in [-0.1, -0.05) is 23.7 Å². The molecule has 2 aliphatic heterocycles. The lowest BCUT2D eigenvalue weighted by Crippen LogP contribution is -2.56. The van der Waals surface area contributed by atoms with E-state index in [9.17, 15) is 4.79 Å². The van der Waals surface area contributed by atoms with E-state index in [4.69, 9.17) is 35.8 Å². The highest BCUT2D eigenvalue weighted by molar-refractivity contribution is 7.22. The third-order valence-corrected chi connectivity index (χ3v) is 9.17. The Bertz CT molecular complexity index is 1630. The molecule has 2 aromatic heterocycles. The number of benzene rings is 2. The van der Waals surface area contributed by atoms with Gasteiger partial charge in [0.15, 0.2) is 6.10 Å². The van der Waals surface area contributed by atoms with Gasteiger partial charge in [-0.3, -0.25) is 4.90 Å². The fraction of sp³-hybridized carbons (Fsp3) is 0.438. The molecule has 0 saturated carbocycles. The predicted molar refractivity (Wildman–Crippen MR) is 170 cm³/mol. The summed E-state index contributed by atoms with van der Waals surface area (Å²) in [5, 5.41) is 1.41. The SMILES string of the molecule is COC(=O)[C@@H](OC(C)(C)C)c1c(C)cc2nc(-c3ccnc(N4CCN(C5COC5)CC4)n3)sc2c1-c1ccc(Cl)cc1. The summed E-state index contributed by atoms with van der Waals surface area (Å²) in [5.74, 6) is 0.253. The van der Waals surface area contributed by atoms with Gasteiger partial charge in [0.05, 0.1) is 42.2 Å². The molecule has 0 aliphatic carbocycles. The summed E-state index contributed by atoms with van der Waals surface area (Å²) in [5.41, 5.74) is 4.41. The number of halogens is 1. The van der Waals surface area contributed by atoms with Crippen molar-refractivity contribution in [3.05, 3.63) is 58.7 Å². The molecule has 0 unspecified atom stereocenters. The molecule has 2 saturated heterocycles. The molecule has 0 spiro atoms. The molecule has 2 aliphatic rings. The van der Waals surface area contributed by atoms with Crippen LogP contribution in [0.5, 0.6) is 0 Å². The van der Waals surface area contributed by atoms with Gasteiger partial charge >= 0.3 is 5.97 Å². The highest BCUT2D eigenvalue weighted by atomic mass is 35.5. The van der Waals surface area contributed by atoms with E-state index in [0.717, 1.165) is 82.6 Å². The number of hydrogen-bond donors (Lipinski definition) is 0. The van der Waals surface area contributed by atoms with Gasteiger partial charge in [0, 0.05) is 48.5 Å². The number of rotatable bonds is 7. The van der Waals surface area contributed by atoms with Gasteiger partial charge in [0.2, 0.25) is 5.95 Å². The van der Waals surface area contributed by atoms with Crippen LogP contribution < -0.4 is 4.90 Å². The van der Waals surface area contributed by atoms with Crippen LogP contribution >= 0.6 is 22.9 Å². The summed E-state index contributed by atoms with van der Waals surface area (Å²) in [7, 11) is 1.39. The monoisotopic (exact) mass is 621 g/mol. The molecule has 2 aromatic carbocycles. The Morgan fingerprint density at radius 1 is 1.09 bits per heavy atom. The molecule has 4 heterocycles. The number of methoxy groups -OCH3 is 1. The maximum Gasteiger partial charge on any atom is 0.339 e. The lowest BCUT2D eigenvalue weighted by atomic mass is 9.91. The number of carbonyl (C=O) groups excluding carboxylic acids is 1. The van der Waals surface area contributed by atoms with Crippen LogP contribution in [-0.4, -0.2) is 84.0 Å². The lowest BCUT2D eigenvalue weighted by molar-refractivity contribution is -0.164. The summed E-state index contributed by atoms with van der Waals surface area (Å²) in [6.45, 7) is 13.1. The van der Waals surface area contributed by atoms with Crippen LogP contribution in [0.25, 0.3) is 32.0 Å². The van der Waals surface area contributed by atoms with E-state index in [1.807, 2.05) is 64.1 Å². The molecule has 9 nitrogen and oxygen atoms in total. The van der Waals surface area contributed by atoms with Crippen molar-refractivity contribution in [3.8, 4) is 21.8 Å². The first-order valence-electron chi connectivity index (χ1n) is 14.5. The van der Waals surface area contributed by atoms with Crippen LogP contribution in [0.1, 0.15) is 38.0 Å². The Balaban J connectivity index is 1.42. The van der Waals surface area contributed by atoms with Crippen molar-refractivity contribution in [2.24, 2.45) is 0 Å².